The fraction of sp³-hybridized carbons (Fsp3) is 0.182. The highest BCUT2D eigenvalue weighted by Crippen LogP contribution is 2.26. The van der Waals surface area contributed by atoms with Crippen molar-refractivity contribution < 1.29 is 34.8 Å². The third kappa shape index (κ3) is 3.60. The summed E-state index contributed by atoms with van der Waals surface area (Å²) in [5, 5.41) is 38.0. The van der Waals surface area contributed by atoms with Crippen molar-refractivity contribution in [3.63, 3.8) is 0 Å². The fourth-order valence-electron chi connectivity index (χ4n) is 1.37. The van der Waals surface area contributed by atoms with E-state index in [1.165, 1.54) is 6.07 Å². The third-order valence-electron chi connectivity index (χ3n) is 2.23. The van der Waals surface area contributed by atoms with Gasteiger partial charge in [0, 0.05) is 0 Å². The number of aromatic hydroxyl groups is 2. The van der Waals surface area contributed by atoms with Crippen LogP contribution in [-0.2, 0) is 9.59 Å². The largest absolute Gasteiger partial charge is 0.507 e. The van der Waals surface area contributed by atoms with E-state index in [0.29, 0.717) is 0 Å². The molecular weight excluding hydrogens is 258 g/mol. The Hall–Kier alpha value is -2.77. The van der Waals surface area contributed by atoms with Gasteiger partial charge in [-0.1, -0.05) is 6.07 Å². The molecule has 0 radical (unpaired) electrons. The lowest BCUT2D eigenvalue weighted by Crippen LogP contribution is -2.42. The number of nitrogens with one attached hydrogen (secondary N) is 1. The topological polar surface area (TPSA) is 144 Å². The minimum Gasteiger partial charge on any atom is -0.507 e. The molecule has 1 rings (SSSR count). The number of phenolic OH excluding ortho intramolecular Hbond substituents is 2. The van der Waals surface area contributed by atoms with Gasteiger partial charge in [-0.25, -0.2) is 4.79 Å². The van der Waals surface area contributed by atoms with Gasteiger partial charge in [0.15, 0.2) is 0 Å². The molecule has 5 N–H and O–H groups in total. The lowest BCUT2D eigenvalue weighted by molar-refractivity contribution is -0.145. The average molecular weight is 269 g/mol. The number of hydrogen-bond donors (Lipinski definition) is 5. The molecule has 0 spiro atoms. The Kier molecular flexibility index (Phi) is 4.30. The van der Waals surface area contributed by atoms with Gasteiger partial charge >= 0.3 is 11.9 Å². The molecule has 1 unspecified atom stereocenters. The summed E-state index contributed by atoms with van der Waals surface area (Å²) in [6.45, 7) is 0. The zero-order chi connectivity index (χ0) is 14.6. The summed E-state index contributed by atoms with van der Waals surface area (Å²) >= 11 is 0. The number of amides is 1. The first-order valence-corrected chi connectivity index (χ1v) is 5.09. The number of aliphatic carboxylic acids is 2. The quantitative estimate of drug-likeness (QED) is 0.495. The summed E-state index contributed by atoms with van der Waals surface area (Å²) in [6.07, 6.45) is -0.824. The van der Waals surface area contributed by atoms with Crippen LogP contribution in [0.5, 0.6) is 11.5 Å². The number of carbonyl (C=O) groups excluding carboxylic acids is 1. The van der Waals surface area contributed by atoms with E-state index in [9.17, 15) is 24.6 Å². The Morgan fingerprint density at radius 1 is 1.11 bits per heavy atom. The molecule has 1 amide bonds. The lowest BCUT2D eigenvalue weighted by atomic mass is 10.1. The van der Waals surface area contributed by atoms with E-state index in [2.05, 4.69) is 0 Å². The Balaban J connectivity index is 2.94. The van der Waals surface area contributed by atoms with Crippen molar-refractivity contribution in [3.8, 4) is 11.5 Å². The van der Waals surface area contributed by atoms with E-state index in [4.69, 9.17) is 10.2 Å². The van der Waals surface area contributed by atoms with Gasteiger partial charge in [0.05, 0.1) is 6.42 Å². The molecule has 0 saturated heterocycles. The molecule has 8 heteroatoms. The number of benzene rings is 1. The fourth-order valence-corrected chi connectivity index (χ4v) is 1.37. The van der Waals surface area contributed by atoms with Gasteiger partial charge in [0.2, 0.25) is 0 Å². The van der Waals surface area contributed by atoms with Crippen molar-refractivity contribution >= 4 is 17.8 Å². The molecule has 1 aromatic carbocycles. The Morgan fingerprint density at radius 2 is 1.63 bits per heavy atom. The maximum absolute atomic E-state index is 11.7. The van der Waals surface area contributed by atoms with Crippen LogP contribution in [0.2, 0.25) is 0 Å². The summed E-state index contributed by atoms with van der Waals surface area (Å²) in [6, 6.07) is 1.88. The highest BCUT2D eigenvalue weighted by atomic mass is 16.4. The van der Waals surface area contributed by atoms with E-state index in [0.717, 1.165) is 12.1 Å². The van der Waals surface area contributed by atoms with Gasteiger partial charge in [0.25, 0.3) is 5.91 Å². The van der Waals surface area contributed by atoms with E-state index in [1.807, 2.05) is 5.32 Å². The van der Waals surface area contributed by atoms with Crippen molar-refractivity contribution in [1.82, 2.24) is 5.32 Å². The second-order valence-electron chi connectivity index (χ2n) is 3.63. The van der Waals surface area contributed by atoms with Crippen LogP contribution >= 0.6 is 0 Å². The predicted molar refractivity (Wildman–Crippen MR) is 60.9 cm³/mol. The van der Waals surface area contributed by atoms with Crippen molar-refractivity contribution in [2.75, 3.05) is 0 Å². The average Bonchev–Trinajstić information content (AvgIpc) is 2.27. The van der Waals surface area contributed by atoms with Crippen LogP contribution in [-0.4, -0.2) is 44.3 Å². The second kappa shape index (κ2) is 5.71. The van der Waals surface area contributed by atoms with Gasteiger partial charge in [-0.2, -0.15) is 0 Å². The number of hydrogen-bond acceptors (Lipinski definition) is 5. The van der Waals surface area contributed by atoms with E-state index in [1.54, 1.807) is 0 Å². The standard InChI is InChI=1S/C11H11NO7/c13-6-2-1-3-7(14)9(6)10(17)12-5(11(18)19)4-8(15)16/h1-3,5,13-14H,4H2,(H,12,17)(H,15,16)(H,18,19). The Morgan fingerprint density at radius 3 is 2.05 bits per heavy atom. The minimum absolute atomic E-state index is 0.515. The maximum atomic E-state index is 11.7. The molecule has 102 valence electrons. The molecule has 0 aliphatic carbocycles. The van der Waals surface area contributed by atoms with Crippen LogP contribution in [0.4, 0.5) is 0 Å². The van der Waals surface area contributed by atoms with Crippen LogP contribution in [0, 0.1) is 0 Å². The number of phenols is 2. The van der Waals surface area contributed by atoms with Gasteiger partial charge in [-0.3, -0.25) is 9.59 Å². The number of carbonyl (C=O) groups is 3. The molecule has 19 heavy (non-hydrogen) atoms. The second-order valence-corrected chi connectivity index (χ2v) is 3.63. The molecule has 0 aliphatic heterocycles. The van der Waals surface area contributed by atoms with E-state index < -0.39 is 47.4 Å². The van der Waals surface area contributed by atoms with Gasteiger partial charge in [-0.15, -0.1) is 0 Å². The molecule has 1 aromatic rings. The van der Waals surface area contributed by atoms with Crippen LogP contribution in [0.15, 0.2) is 18.2 Å². The van der Waals surface area contributed by atoms with E-state index in [-0.39, 0.29) is 0 Å². The van der Waals surface area contributed by atoms with Gasteiger partial charge in [-0.05, 0) is 12.1 Å². The van der Waals surface area contributed by atoms with E-state index >= 15 is 0 Å². The van der Waals surface area contributed by atoms with Crippen molar-refractivity contribution in [1.29, 1.82) is 0 Å². The first-order chi connectivity index (χ1) is 8.82. The highest BCUT2D eigenvalue weighted by molar-refractivity contribution is 6.01. The molecule has 0 aliphatic rings. The first kappa shape index (κ1) is 14.3. The molecule has 8 nitrogen and oxygen atoms in total. The van der Waals surface area contributed by atoms with Crippen LogP contribution in [0.1, 0.15) is 16.8 Å². The van der Waals surface area contributed by atoms with Crippen molar-refractivity contribution in [3.05, 3.63) is 23.8 Å². The Labute approximate surface area is 106 Å². The summed E-state index contributed by atoms with van der Waals surface area (Å²) in [5.74, 6) is -5.11. The first-order valence-electron chi connectivity index (χ1n) is 5.09. The molecule has 0 bridgehead atoms. The molecular formula is C11H11NO7. The monoisotopic (exact) mass is 269 g/mol. The summed E-state index contributed by atoms with van der Waals surface area (Å²) < 4.78 is 0. The van der Waals surface area contributed by atoms with Crippen LogP contribution < -0.4 is 5.32 Å². The normalized spacial score (nSPS) is 11.6. The summed E-state index contributed by atoms with van der Waals surface area (Å²) in [7, 11) is 0. The molecule has 0 heterocycles. The molecule has 0 aromatic heterocycles. The molecule has 1 atom stereocenters. The highest BCUT2D eigenvalue weighted by Gasteiger charge is 2.26. The zero-order valence-electron chi connectivity index (χ0n) is 9.53. The van der Waals surface area contributed by atoms with Crippen LogP contribution in [0.25, 0.3) is 0 Å². The number of carboxylic acid groups (broad SMARTS) is 2. The summed E-state index contributed by atoms with van der Waals surface area (Å²) in [4.78, 5) is 32.9. The Bertz CT molecular complexity index is 506. The minimum atomic E-state index is -1.66. The number of rotatable bonds is 5. The molecule has 0 saturated carbocycles. The number of carboxylic acids is 2. The molecule has 0 fully saturated rings. The predicted octanol–water partition coefficient (Wildman–Crippen LogP) is -0.245. The zero-order valence-corrected chi connectivity index (χ0v) is 9.53. The summed E-state index contributed by atoms with van der Waals surface area (Å²) in [5.41, 5.74) is -0.515. The maximum Gasteiger partial charge on any atom is 0.326 e. The van der Waals surface area contributed by atoms with Gasteiger partial charge < -0.3 is 25.7 Å². The van der Waals surface area contributed by atoms with Gasteiger partial charge in [0.1, 0.15) is 23.1 Å². The van der Waals surface area contributed by atoms with Crippen molar-refractivity contribution in [2.24, 2.45) is 0 Å². The van der Waals surface area contributed by atoms with Crippen LogP contribution in [0.3, 0.4) is 0 Å². The smallest absolute Gasteiger partial charge is 0.326 e. The SMILES string of the molecule is O=C(O)CC(NC(=O)c1c(O)cccc1O)C(=O)O. The lowest BCUT2D eigenvalue weighted by Gasteiger charge is -2.13. The third-order valence-corrected chi connectivity index (χ3v) is 2.23. The van der Waals surface area contributed by atoms with Crippen molar-refractivity contribution in [2.45, 2.75) is 12.5 Å².